The fourth-order valence-corrected chi connectivity index (χ4v) is 3.05. The fourth-order valence-electron chi connectivity index (χ4n) is 3.05. The lowest BCUT2D eigenvalue weighted by Crippen LogP contribution is -2.30. The molecule has 0 spiro atoms. The van der Waals surface area contributed by atoms with E-state index in [0.29, 0.717) is 0 Å². The number of nitrogens with zero attached hydrogens (tertiary/aromatic N) is 1. The van der Waals surface area contributed by atoms with Crippen molar-refractivity contribution in [3.8, 4) is 0 Å². The maximum atomic E-state index is 12.2. The van der Waals surface area contributed by atoms with Gasteiger partial charge in [0.1, 0.15) is 0 Å². The Kier molecular flexibility index (Phi) is 6.24. The molecule has 21 heavy (non-hydrogen) atoms. The van der Waals surface area contributed by atoms with Crippen molar-refractivity contribution in [3.63, 3.8) is 0 Å². The average Bonchev–Trinajstić information content (AvgIpc) is 2.55. The smallest absolute Gasteiger partial charge is 0.253 e. The minimum absolute atomic E-state index is 0.143. The number of rotatable bonds is 6. The lowest BCUT2D eigenvalue weighted by atomic mass is 9.91. The van der Waals surface area contributed by atoms with Gasteiger partial charge in [0, 0.05) is 18.7 Å². The highest BCUT2D eigenvalue weighted by atomic mass is 16.2. The highest BCUT2D eigenvalue weighted by molar-refractivity contribution is 5.94. The van der Waals surface area contributed by atoms with E-state index in [4.69, 9.17) is 0 Å². The second kappa shape index (κ2) is 8.18. The monoisotopic (exact) mass is 288 g/mol. The van der Waals surface area contributed by atoms with Gasteiger partial charge in [-0.1, -0.05) is 12.1 Å². The number of aryl methyl sites for hydroxylation is 1. The molecule has 1 aromatic rings. The molecule has 0 aromatic heterocycles. The number of hydrogen-bond acceptors (Lipinski definition) is 2. The molecule has 1 amide bonds. The second-order valence-electron chi connectivity index (χ2n) is 5.91. The van der Waals surface area contributed by atoms with Gasteiger partial charge in [-0.3, -0.25) is 4.79 Å². The minimum Gasteiger partial charge on any atom is -0.339 e. The van der Waals surface area contributed by atoms with Crippen LogP contribution in [0.2, 0.25) is 0 Å². The van der Waals surface area contributed by atoms with Gasteiger partial charge in [0.15, 0.2) is 0 Å². The van der Waals surface area contributed by atoms with Crippen molar-refractivity contribution in [1.82, 2.24) is 10.2 Å². The van der Waals surface area contributed by atoms with Crippen molar-refractivity contribution in [2.24, 2.45) is 5.92 Å². The fraction of sp³-hybridized carbons (Fsp3) is 0.611. The van der Waals surface area contributed by atoms with Crippen LogP contribution >= 0.6 is 0 Å². The number of carbonyl (C=O) groups excluding carboxylic acids is 1. The van der Waals surface area contributed by atoms with E-state index >= 15 is 0 Å². The van der Waals surface area contributed by atoms with Gasteiger partial charge in [0.2, 0.25) is 0 Å². The summed E-state index contributed by atoms with van der Waals surface area (Å²) in [5, 5.41) is 3.41. The molecule has 0 aliphatic carbocycles. The van der Waals surface area contributed by atoms with E-state index in [1.54, 1.807) is 0 Å². The molecule has 0 radical (unpaired) electrons. The van der Waals surface area contributed by atoms with Crippen LogP contribution in [0.5, 0.6) is 0 Å². The molecule has 3 heteroatoms. The molecular weight excluding hydrogens is 260 g/mol. The first kappa shape index (κ1) is 16.0. The van der Waals surface area contributed by atoms with Gasteiger partial charge in [0.25, 0.3) is 5.91 Å². The number of piperidine rings is 1. The van der Waals surface area contributed by atoms with Crippen molar-refractivity contribution in [3.05, 3.63) is 35.4 Å². The Morgan fingerprint density at radius 1 is 1.14 bits per heavy atom. The Morgan fingerprint density at radius 3 is 2.33 bits per heavy atom. The van der Waals surface area contributed by atoms with Crippen LogP contribution in [0.15, 0.2) is 24.3 Å². The van der Waals surface area contributed by atoms with E-state index in [-0.39, 0.29) is 5.91 Å². The highest BCUT2D eigenvalue weighted by Crippen LogP contribution is 2.19. The molecule has 1 saturated heterocycles. The Morgan fingerprint density at radius 2 is 1.76 bits per heavy atom. The molecule has 3 nitrogen and oxygen atoms in total. The highest BCUT2D eigenvalue weighted by Gasteiger charge is 2.14. The summed E-state index contributed by atoms with van der Waals surface area (Å²) in [5.74, 6) is 1.01. The zero-order chi connectivity index (χ0) is 15.1. The van der Waals surface area contributed by atoms with E-state index in [9.17, 15) is 4.79 Å². The summed E-state index contributed by atoms with van der Waals surface area (Å²) in [5.41, 5.74) is 2.16. The predicted octanol–water partition coefficient (Wildman–Crippen LogP) is 3.10. The van der Waals surface area contributed by atoms with Crippen molar-refractivity contribution in [1.29, 1.82) is 0 Å². The molecule has 1 N–H and O–H groups in total. The summed E-state index contributed by atoms with van der Waals surface area (Å²) in [4.78, 5) is 14.1. The quantitative estimate of drug-likeness (QED) is 0.872. The van der Waals surface area contributed by atoms with Gasteiger partial charge in [-0.15, -0.1) is 0 Å². The van der Waals surface area contributed by atoms with Gasteiger partial charge in [-0.25, -0.2) is 0 Å². The lowest BCUT2D eigenvalue weighted by molar-refractivity contribution is 0.0773. The summed E-state index contributed by atoms with van der Waals surface area (Å²) < 4.78 is 0. The van der Waals surface area contributed by atoms with Crippen molar-refractivity contribution in [2.45, 2.75) is 39.5 Å². The Balaban J connectivity index is 1.87. The SMILES string of the molecule is CCN(CC)C(=O)c1ccc(CCC2CCNCC2)cc1. The third kappa shape index (κ3) is 4.57. The van der Waals surface area contributed by atoms with Crippen LogP contribution in [-0.4, -0.2) is 37.0 Å². The molecule has 0 unspecified atom stereocenters. The summed E-state index contributed by atoms with van der Waals surface area (Å²) in [6, 6.07) is 8.21. The van der Waals surface area contributed by atoms with Gasteiger partial charge in [0.05, 0.1) is 0 Å². The normalized spacial score (nSPS) is 15.9. The maximum absolute atomic E-state index is 12.2. The molecule has 1 aromatic carbocycles. The van der Waals surface area contributed by atoms with Crippen LogP contribution in [0.4, 0.5) is 0 Å². The number of hydrogen-bond donors (Lipinski definition) is 1. The first-order chi connectivity index (χ1) is 10.2. The zero-order valence-electron chi connectivity index (χ0n) is 13.4. The molecule has 1 aliphatic rings. The van der Waals surface area contributed by atoms with Crippen LogP contribution in [0.25, 0.3) is 0 Å². The summed E-state index contributed by atoms with van der Waals surface area (Å²) in [6.45, 7) is 7.92. The number of nitrogens with one attached hydrogen (secondary N) is 1. The molecule has 2 rings (SSSR count). The molecule has 0 atom stereocenters. The molecule has 1 fully saturated rings. The van der Waals surface area contributed by atoms with Gasteiger partial charge in [-0.2, -0.15) is 0 Å². The van der Waals surface area contributed by atoms with Gasteiger partial charge in [-0.05, 0) is 76.2 Å². The molecule has 116 valence electrons. The summed E-state index contributed by atoms with van der Waals surface area (Å²) in [7, 11) is 0. The second-order valence-corrected chi connectivity index (χ2v) is 5.91. The van der Waals surface area contributed by atoms with Crippen molar-refractivity contribution in [2.75, 3.05) is 26.2 Å². The molecular formula is C18H28N2O. The molecule has 1 heterocycles. The number of amides is 1. The largest absolute Gasteiger partial charge is 0.339 e. The van der Waals surface area contributed by atoms with Crippen LogP contribution in [-0.2, 0) is 6.42 Å². The van der Waals surface area contributed by atoms with Crippen LogP contribution in [0, 0.1) is 5.92 Å². The predicted molar refractivity (Wildman–Crippen MR) is 87.6 cm³/mol. The van der Waals surface area contributed by atoms with Crippen molar-refractivity contribution >= 4 is 5.91 Å². The van der Waals surface area contributed by atoms with Gasteiger partial charge < -0.3 is 10.2 Å². The molecule has 0 saturated carbocycles. The Hall–Kier alpha value is -1.35. The standard InChI is InChI=1S/C18H28N2O/c1-3-20(4-2)18(21)17-9-7-15(8-10-17)5-6-16-11-13-19-14-12-16/h7-10,16,19H,3-6,11-14H2,1-2H3. The third-order valence-corrected chi connectivity index (χ3v) is 4.55. The first-order valence-electron chi connectivity index (χ1n) is 8.33. The summed E-state index contributed by atoms with van der Waals surface area (Å²) in [6.07, 6.45) is 5.01. The average molecular weight is 288 g/mol. The van der Waals surface area contributed by atoms with Crippen LogP contribution in [0.3, 0.4) is 0 Å². The molecule has 0 bridgehead atoms. The topological polar surface area (TPSA) is 32.3 Å². The maximum Gasteiger partial charge on any atom is 0.253 e. The zero-order valence-corrected chi connectivity index (χ0v) is 13.4. The number of carbonyl (C=O) groups is 1. The first-order valence-corrected chi connectivity index (χ1v) is 8.33. The van der Waals surface area contributed by atoms with E-state index in [1.807, 2.05) is 30.9 Å². The van der Waals surface area contributed by atoms with E-state index < -0.39 is 0 Å². The summed E-state index contributed by atoms with van der Waals surface area (Å²) >= 11 is 0. The Bertz CT molecular complexity index is 431. The van der Waals surface area contributed by atoms with Crippen molar-refractivity contribution < 1.29 is 4.79 Å². The van der Waals surface area contributed by atoms with Crippen LogP contribution < -0.4 is 5.32 Å². The van der Waals surface area contributed by atoms with Crippen LogP contribution in [0.1, 0.15) is 49.0 Å². The van der Waals surface area contributed by atoms with E-state index in [0.717, 1.165) is 31.0 Å². The van der Waals surface area contributed by atoms with E-state index in [2.05, 4.69) is 17.4 Å². The Labute approximate surface area is 128 Å². The molecule has 1 aliphatic heterocycles. The number of benzene rings is 1. The lowest BCUT2D eigenvalue weighted by Gasteiger charge is -2.22. The third-order valence-electron chi connectivity index (χ3n) is 4.55. The van der Waals surface area contributed by atoms with E-state index in [1.165, 1.54) is 37.9 Å². The minimum atomic E-state index is 0.143. The van der Waals surface area contributed by atoms with Gasteiger partial charge >= 0.3 is 0 Å².